The molecule has 1 fully saturated rings. The van der Waals surface area contributed by atoms with E-state index in [1.54, 1.807) is 31.5 Å². The highest BCUT2D eigenvalue weighted by Crippen LogP contribution is 2.32. The molecule has 4 rings (SSSR count). The lowest BCUT2D eigenvalue weighted by Crippen LogP contribution is -2.38. The van der Waals surface area contributed by atoms with Crippen molar-refractivity contribution >= 4 is 23.3 Å². The van der Waals surface area contributed by atoms with Crippen LogP contribution in [0.5, 0.6) is 5.75 Å². The Hall–Kier alpha value is -3.92. The maximum Gasteiger partial charge on any atom is 0.332 e. The predicted octanol–water partition coefficient (Wildman–Crippen LogP) is 4.06. The monoisotopic (exact) mass is 507 g/mol. The molecular weight excluding hydrogens is 474 g/mol. The van der Waals surface area contributed by atoms with E-state index in [1.165, 1.54) is 0 Å². The van der Waals surface area contributed by atoms with Gasteiger partial charge in [-0.05, 0) is 63.9 Å². The molecule has 10 heteroatoms. The number of nitrogens with one attached hydrogen (secondary N) is 2. The van der Waals surface area contributed by atoms with Crippen LogP contribution in [0.2, 0.25) is 0 Å². The standard InChI is InChI=1S/C27H33N5O5/c1-27(2,3)37-25(33)17-36-19-11-14-32(15-12-19)18-8-9-22(24(16-18)35-4)30-26(34)23-7-5-6-20(29-23)21-10-13-28-31-21/h5-10,13,16,19H,11-12,14-15,17H2,1-4H3,(H,28,31)(H,30,34). The van der Waals surface area contributed by atoms with Crippen molar-refractivity contribution in [2.24, 2.45) is 0 Å². The van der Waals surface area contributed by atoms with Gasteiger partial charge in [-0.25, -0.2) is 9.78 Å². The van der Waals surface area contributed by atoms with Crippen LogP contribution in [-0.2, 0) is 14.3 Å². The maximum atomic E-state index is 12.9. The molecular formula is C27H33N5O5. The van der Waals surface area contributed by atoms with Gasteiger partial charge < -0.3 is 24.4 Å². The number of aromatic nitrogens is 3. The third kappa shape index (κ3) is 7.07. The summed E-state index contributed by atoms with van der Waals surface area (Å²) in [5.74, 6) is -0.130. The zero-order valence-corrected chi connectivity index (χ0v) is 21.6. The normalized spacial score (nSPS) is 14.3. The van der Waals surface area contributed by atoms with Crippen molar-refractivity contribution in [1.82, 2.24) is 15.2 Å². The van der Waals surface area contributed by atoms with Crippen LogP contribution >= 0.6 is 0 Å². The van der Waals surface area contributed by atoms with Crippen molar-refractivity contribution in [2.45, 2.75) is 45.3 Å². The lowest BCUT2D eigenvalue weighted by Gasteiger charge is -2.33. The quantitative estimate of drug-likeness (QED) is 0.438. The van der Waals surface area contributed by atoms with Crippen LogP contribution in [0, 0.1) is 0 Å². The highest BCUT2D eigenvalue weighted by Gasteiger charge is 2.23. The summed E-state index contributed by atoms with van der Waals surface area (Å²) in [6.07, 6.45) is 3.23. The molecule has 0 bridgehead atoms. The number of pyridine rings is 1. The largest absolute Gasteiger partial charge is 0.494 e. The Labute approximate surface area is 216 Å². The van der Waals surface area contributed by atoms with Gasteiger partial charge in [-0.2, -0.15) is 5.10 Å². The number of rotatable bonds is 8. The van der Waals surface area contributed by atoms with Crippen LogP contribution in [0.15, 0.2) is 48.7 Å². The number of carbonyl (C=O) groups is 2. The Morgan fingerprint density at radius 2 is 1.92 bits per heavy atom. The van der Waals surface area contributed by atoms with E-state index in [9.17, 15) is 9.59 Å². The number of hydrogen-bond donors (Lipinski definition) is 2. The molecule has 10 nitrogen and oxygen atoms in total. The number of carbonyl (C=O) groups excluding carboxylic acids is 2. The molecule has 196 valence electrons. The number of ether oxygens (including phenoxy) is 3. The SMILES string of the molecule is COc1cc(N2CCC(OCC(=O)OC(C)(C)C)CC2)ccc1NC(=O)c1cccc(-c2ccn[nH]2)n1. The molecule has 1 aliphatic heterocycles. The van der Waals surface area contributed by atoms with Crippen molar-refractivity contribution in [2.75, 3.05) is 37.0 Å². The van der Waals surface area contributed by atoms with Crippen molar-refractivity contribution in [3.63, 3.8) is 0 Å². The highest BCUT2D eigenvalue weighted by atomic mass is 16.6. The fourth-order valence-corrected chi connectivity index (χ4v) is 4.11. The van der Waals surface area contributed by atoms with Crippen molar-refractivity contribution in [3.05, 3.63) is 54.4 Å². The minimum atomic E-state index is -0.519. The Morgan fingerprint density at radius 1 is 1.14 bits per heavy atom. The average molecular weight is 508 g/mol. The Kier molecular flexibility index (Phi) is 8.08. The molecule has 1 aliphatic rings. The number of anilines is 2. The first-order chi connectivity index (χ1) is 17.7. The summed E-state index contributed by atoms with van der Waals surface area (Å²) in [5.41, 5.74) is 2.67. The first kappa shape index (κ1) is 26.2. The third-order valence-corrected chi connectivity index (χ3v) is 5.86. The molecule has 0 aliphatic carbocycles. The van der Waals surface area contributed by atoms with Crippen LogP contribution in [0.4, 0.5) is 11.4 Å². The number of nitrogens with zero attached hydrogens (tertiary/aromatic N) is 3. The van der Waals surface area contributed by atoms with Crippen LogP contribution in [0.1, 0.15) is 44.1 Å². The second kappa shape index (κ2) is 11.4. The third-order valence-electron chi connectivity index (χ3n) is 5.86. The summed E-state index contributed by atoms with van der Waals surface area (Å²) < 4.78 is 16.7. The average Bonchev–Trinajstić information content (AvgIpc) is 3.42. The van der Waals surface area contributed by atoms with Gasteiger partial charge in [-0.1, -0.05) is 6.07 Å². The topological polar surface area (TPSA) is 119 Å². The molecule has 0 spiro atoms. The number of piperidine rings is 1. The number of aromatic amines is 1. The van der Waals surface area contributed by atoms with E-state index in [4.69, 9.17) is 14.2 Å². The number of benzene rings is 1. The van der Waals surface area contributed by atoms with Crippen LogP contribution in [-0.4, -0.2) is 65.6 Å². The molecule has 1 aromatic carbocycles. The zero-order chi connectivity index (χ0) is 26.4. The molecule has 0 radical (unpaired) electrons. The van der Waals surface area contributed by atoms with E-state index < -0.39 is 5.60 Å². The molecule has 2 aromatic heterocycles. The van der Waals surface area contributed by atoms with Crippen molar-refractivity contribution in [3.8, 4) is 17.1 Å². The fraction of sp³-hybridized carbons (Fsp3) is 0.407. The Balaban J connectivity index is 1.34. The summed E-state index contributed by atoms with van der Waals surface area (Å²) in [5, 5.41) is 9.68. The van der Waals surface area contributed by atoms with Gasteiger partial charge in [0, 0.05) is 31.0 Å². The highest BCUT2D eigenvalue weighted by molar-refractivity contribution is 6.04. The van der Waals surface area contributed by atoms with E-state index in [0.29, 0.717) is 17.1 Å². The molecule has 0 saturated carbocycles. The van der Waals surface area contributed by atoms with Crippen molar-refractivity contribution in [1.29, 1.82) is 0 Å². The van der Waals surface area contributed by atoms with E-state index in [-0.39, 0.29) is 30.3 Å². The summed E-state index contributed by atoms with van der Waals surface area (Å²) in [7, 11) is 1.57. The second-order valence-electron chi connectivity index (χ2n) is 9.80. The minimum Gasteiger partial charge on any atom is -0.494 e. The van der Waals surface area contributed by atoms with Gasteiger partial charge in [0.15, 0.2) is 0 Å². The first-order valence-corrected chi connectivity index (χ1v) is 12.3. The van der Waals surface area contributed by atoms with Crippen LogP contribution in [0.25, 0.3) is 11.4 Å². The number of amides is 1. The maximum absolute atomic E-state index is 12.9. The van der Waals surface area contributed by atoms with E-state index >= 15 is 0 Å². The van der Waals surface area contributed by atoms with Gasteiger partial charge in [-0.3, -0.25) is 9.89 Å². The van der Waals surface area contributed by atoms with Crippen LogP contribution < -0.4 is 15.0 Å². The van der Waals surface area contributed by atoms with Crippen LogP contribution in [0.3, 0.4) is 0 Å². The lowest BCUT2D eigenvalue weighted by molar-refractivity contribution is -0.162. The molecule has 3 heterocycles. The Morgan fingerprint density at radius 3 is 2.59 bits per heavy atom. The van der Waals surface area contributed by atoms with E-state index in [1.807, 2.05) is 45.0 Å². The summed E-state index contributed by atoms with van der Waals surface area (Å²) in [6, 6.07) is 12.7. The second-order valence-corrected chi connectivity index (χ2v) is 9.80. The zero-order valence-electron chi connectivity index (χ0n) is 21.6. The molecule has 2 N–H and O–H groups in total. The number of methoxy groups -OCH3 is 1. The molecule has 3 aromatic rings. The molecule has 1 saturated heterocycles. The van der Waals surface area contributed by atoms with E-state index in [0.717, 1.165) is 37.3 Å². The smallest absolute Gasteiger partial charge is 0.332 e. The summed E-state index contributed by atoms with van der Waals surface area (Å²) in [4.78, 5) is 31.5. The molecule has 1 amide bonds. The minimum absolute atomic E-state index is 0.00856. The van der Waals surface area contributed by atoms with Gasteiger partial charge in [0.05, 0.1) is 30.3 Å². The number of esters is 1. The fourth-order valence-electron chi connectivity index (χ4n) is 4.11. The number of hydrogen-bond acceptors (Lipinski definition) is 8. The van der Waals surface area contributed by atoms with Gasteiger partial charge >= 0.3 is 5.97 Å². The summed E-state index contributed by atoms with van der Waals surface area (Å²) >= 11 is 0. The summed E-state index contributed by atoms with van der Waals surface area (Å²) in [6.45, 7) is 7.03. The van der Waals surface area contributed by atoms with Gasteiger partial charge in [0.2, 0.25) is 0 Å². The molecule has 0 atom stereocenters. The Bertz CT molecular complexity index is 1210. The first-order valence-electron chi connectivity index (χ1n) is 12.3. The van der Waals surface area contributed by atoms with Gasteiger partial charge in [0.1, 0.15) is 23.7 Å². The molecule has 0 unspecified atom stereocenters. The predicted molar refractivity (Wildman–Crippen MR) is 140 cm³/mol. The van der Waals surface area contributed by atoms with E-state index in [2.05, 4.69) is 25.4 Å². The lowest BCUT2D eigenvalue weighted by atomic mass is 10.1. The molecule has 37 heavy (non-hydrogen) atoms. The van der Waals surface area contributed by atoms with Gasteiger partial charge in [0.25, 0.3) is 5.91 Å². The van der Waals surface area contributed by atoms with Gasteiger partial charge in [-0.15, -0.1) is 0 Å². The van der Waals surface area contributed by atoms with Crippen molar-refractivity contribution < 1.29 is 23.8 Å². The number of H-pyrrole nitrogens is 1.